The van der Waals surface area contributed by atoms with Gasteiger partial charge in [-0.15, -0.1) is 23.1 Å². The number of thioether (sulfide) groups is 2. The second-order valence-corrected chi connectivity index (χ2v) is 11.5. The second-order valence-electron chi connectivity index (χ2n) is 8.07. The molecule has 0 bridgehead atoms. The summed E-state index contributed by atoms with van der Waals surface area (Å²) in [4.78, 5) is 44.5. The van der Waals surface area contributed by atoms with Crippen LogP contribution >= 0.6 is 34.9 Å². The van der Waals surface area contributed by atoms with E-state index in [9.17, 15) is 14.4 Å². The minimum atomic E-state index is -0.624. The van der Waals surface area contributed by atoms with Crippen molar-refractivity contribution in [2.45, 2.75) is 42.6 Å². The molecule has 0 aliphatic carbocycles. The molecule has 1 amide bonds. The third-order valence-corrected chi connectivity index (χ3v) is 9.41. The van der Waals surface area contributed by atoms with Crippen LogP contribution in [-0.2, 0) is 36.9 Å². The first-order chi connectivity index (χ1) is 17.3. The van der Waals surface area contributed by atoms with Crippen molar-refractivity contribution in [1.82, 2.24) is 9.88 Å². The fourth-order valence-electron chi connectivity index (χ4n) is 3.74. The van der Waals surface area contributed by atoms with Crippen molar-refractivity contribution in [2.24, 2.45) is 5.73 Å². The molecule has 4 rings (SSSR count). The molecule has 2 atom stereocenters. The number of nitrogens with zero attached hydrogens (tertiary/aromatic N) is 2. The Bertz CT molecular complexity index is 1180. The minimum absolute atomic E-state index is 0.0710. The SMILES string of the molecule is CCOC(=O)Cc1sc(SCC2=C(C(=O)OCc3ccc(OC)cc3)N3C(=O)C(N)[C@@H]3SC2)nc1C. The van der Waals surface area contributed by atoms with Crippen molar-refractivity contribution in [3.8, 4) is 5.75 Å². The number of esters is 2. The highest BCUT2D eigenvalue weighted by Gasteiger charge is 2.52. The van der Waals surface area contributed by atoms with Crippen molar-refractivity contribution >= 4 is 52.7 Å². The number of benzene rings is 1. The van der Waals surface area contributed by atoms with Gasteiger partial charge in [0.15, 0.2) is 4.34 Å². The standard InChI is InChI=1S/C24H27N3O6S3/c1-4-32-18(28)9-17-13(2)26-24(36-17)35-12-15-11-34-22-19(25)21(29)27(22)20(15)23(30)33-10-14-5-7-16(31-3)8-6-14/h5-8,19,22H,4,9-12,25H2,1-3H3/t19?,22-/m0/s1. The summed E-state index contributed by atoms with van der Waals surface area (Å²) in [5.41, 5.74) is 8.62. The number of thiazole rings is 1. The van der Waals surface area contributed by atoms with Gasteiger partial charge >= 0.3 is 11.9 Å². The van der Waals surface area contributed by atoms with Gasteiger partial charge in [0.1, 0.15) is 29.5 Å². The van der Waals surface area contributed by atoms with E-state index in [1.165, 1.54) is 39.8 Å². The summed E-state index contributed by atoms with van der Waals surface area (Å²) >= 11 is 4.44. The van der Waals surface area contributed by atoms with E-state index in [-0.39, 0.29) is 36.0 Å². The molecule has 2 aliphatic rings. The van der Waals surface area contributed by atoms with Gasteiger partial charge in [0.2, 0.25) is 5.91 Å². The van der Waals surface area contributed by atoms with E-state index in [2.05, 4.69) is 4.98 Å². The first-order valence-corrected chi connectivity index (χ1v) is 14.1. The number of hydrogen-bond donors (Lipinski definition) is 1. The summed E-state index contributed by atoms with van der Waals surface area (Å²) in [6.45, 7) is 4.04. The van der Waals surface area contributed by atoms with Crippen molar-refractivity contribution in [3.63, 3.8) is 0 Å². The second kappa shape index (κ2) is 11.7. The van der Waals surface area contributed by atoms with Crippen molar-refractivity contribution in [1.29, 1.82) is 0 Å². The Morgan fingerprint density at radius 2 is 2.00 bits per heavy atom. The lowest BCUT2D eigenvalue weighted by molar-refractivity contribution is -0.151. The molecular formula is C24H27N3O6S3. The molecule has 0 saturated carbocycles. The number of amides is 1. The number of hydrogen-bond acceptors (Lipinski definition) is 11. The fourth-order valence-corrected chi connectivity index (χ4v) is 7.39. The van der Waals surface area contributed by atoms with Crippen LogP contribution in [0.5, 0.6) is 5.75 Å². The molecular weight excluding hydrogens is 522 g/mol. The molecule has 1 aromatic carbocycles. The zero-order valence-electron chi connectivity index (χ0n) is 20.1. The number of carbonyl (C=O) groups is 3. The monoisotopic (exact) mass is 549 g/mol. The van der Waals surface area contributed by atoms with Crippen LogP contribution in [0.15, 0.2) is 39.9 Å². The molecule has 2 aromatic rings. The molecule has 36 heavy (non-hydrogen) atoms. The molecule has 0 radical (unpaired) electrons. The molecule has 1 aromatic heterocycles. The Morgan fingerprint density at radius 1 is 1.25 bits per heavy atom. The lowest BCUT2D eigenvalue weighted by atomic mass is 10.0. The number of aryl methyl sites for hydroxylation is 1. The molecule has 3 heterocycles. The predicted molar refractivity (Wildman–Crippen MR) is 139 cm³/mol. The van der Waals surface area contributed by atoms with Gasteiger partial charge in [-0.05, 0) is 37.1 Å². The van der Waals surface area contributed by atoms with E-state index in [1.54, 1.807) is 26.2 Å². The summed E-state index contributed by atoms with van der Waals surface area (Å²) in [5, 5.41) is -0.270. The lowest BCUT2D eigenvalue weighted by Crippen LogP contribution is -2.68. The quantitative estimate of drug-likeness (QED) is 0.269. The summed E-state index contributed by atoms with van der Waals surface area (Å²) in [6, 6.07) is 6.60. The largest absolute Gasteiger partial charge is 0.497 e. The van der Waals surface area contributed by atoms with Crippen LogP contribution in [0.4, 0.5) is 0 Å². The molecule has 2 aliphatic heterocycles. The van der Waals surface area contributed by atoms with Crippen LogP contribution in [-0.4, -0.2) is 64.4 Å². The van der Waals surface area contributed by atoms with Gasteiger partial charge in [0.25, 0.3) is 0 Å². The first-order valence-electron chi connectivity index (χ1n) is 11.3. The number of aromatic nitrogens is 1. The van der Waals surface area contributed by atoms with Crippen LogP contribution in [0.3, 0.4) is 0 Å². The summed E-state index contributed by atoms with van der Waals surface area (Å²) < 4.78 is 16.6. The van der Waals surface area contributed by atoms with Crippen LogP contribution in [0.25, 0.3) is 0 Å². The van der Waals surface area contributed by atoms with E-state index in [0.29, 0.717) is 23.9 Å². The Labute approximate surface area is 221 Å². The van der Waals surface area contributed by atoms with Crippen LogP contribution < -0.4 is 10.5 Å². The summed E-state index contributed by atoms with van der Waals surface area (Å²) in [7, 11) is 1.58. The lowest BCUT2D eigenvalue weighted by Gasteiger charge is -2.48. The molecule has 1 fully saturated rings. The highest BCUT2D eigenvalue weighted by Crippen LogP contribution is 2.41. The highest BCUT2D eigenvalue weighted by molar-refractivity contribution is 8.01. The molecule has 2 N–H and O–H groups in total. The topological polar surface area (TPSA) is 121 Å². The van der Waals surface area contributed by atoms with E-state index >= 15 is 0 Å². The van der Waals surface area contributed by atoms with Crippen LogP contribution in [0, 0.1) is 6.92 Å². The van der Waals surface area contributed by atoms with Gasteiger partial charge in [-0.3, -0.25) is 14.5 Å². The van der Waals surface area contributed by atoms with Gasteiger partial charge in [-0.2, -0.15) is 0 Å². The van der Waals surface area contributed by atoms with Crippen molar-refractivity contribution in [3.05, 3.63) is 51.7 Å². The zero-order chi connectivity index (χ0) is 25.8. The third-order valence-electron chi connectivity index (χ3n) is 5.66. The van der Waals surface area contributed by atoms with E-state index in [1.807, 2.05) is 19.1 Å². The predicted octanol–water partition coefficient (Wildman–Crippen LogP) is 2.90. The van der Waals surface area contributed by atoms with Crippen molar-refractivity contribution < 1.29 is 28.6 Å². The average molecular weight is 550 g/mol. The normalized spacial score (nSPS) is 19.0. The van der Waals surface area contributed by atoms with E-state index < -0.39 is 12.0 Å². The molecule has 1 saturated heterocycles. The third kappa shape index (κ3) is 5.72. The van der Waals surface area contributed by atoms with E-state index in [0.717, 1.165) is 26.0 Å². The number of carbonyl (C=O) groups excluding carboxylic acids is 3. The van der Waals surface area contributed by atoms with Crippen LogP contribution in [0.1, 0.15) is 23.1 Å². The molecule has 12 heteroatoms. The number of fused-ring (bicyclic) bond motifs is 1. The number of rotatable bonds is 10. The number of β-lactam (4-membered cyclic amide) rings is 1. The minimum Gasteiger partial charge on any atom is -0.497 e. The van der Waals surface area contributed by atoms with Crippen LogP contribution in [0.2, 0.25) is 0 Å². The molecule has 9 nitrogen and oxygen atoms in total. The average Bonchev–Trinajstić information content (AvgIpc) is 3.23. The highest BCUT2D eigenvalue weighted by atomic mass is 32.2. The summed E-state index contributed by atoms with van der Waals surface area (Å²) in [6.07, 6.45) is 0.182. The van der Waals surface area contributed by atoms with Gasteiger partial charge in [0, 0.05) is 16.4 Å². The van der Waals surface area contributed by atoms with Gasteiger partial charge in [-0.25, -0.2) is 9.78 Å². The molecule has 192 valence electrons. The Balaban J connectivity index is 1.48. The maximum atomic E-state index is 13.2. The van der Waals surface area contributed by atoms with Gasteiger partial charge in [0.05, 0.1) is 25.8 Å². The molecule has 1 unspecified atom stereocenters. The Morgan fingerprint density at radius 3 is 2.69 bits per heavy atom. The maximum Gasteiger partial charge on any atom is 0.355 e. The molecule has 0 spiro atoms. The van der Waals surface area contributed by atoms with Gasteiger partial charge < -0.3 is 19.9 Å². The van der Waals surface area contributed by atoms with E-state index in [4.69, 9.17) is 19.9 Å². The Kier molecular flexibility index (Phi) is 8.60. The number of methoxy groups -OCH3 is 1. The van der Waals surface area contributed by atoms with Gasteiger partial charge in [-0.1, -0.05) is 23.9 Å². The smallest absolute Gasteiger partial charge is 0.355 e. The summed E-state index contributed by atoms with van der Waals surface area (Å²) in [5.74, 6) is 0.604. The number of nitrogens with two attached hydrogens (primary N) is 1. The maximum absolute atomic E-state index is 13.2. The fraction of sp³-hybridized carbons (Fsp3) is 0.417. The first kappa shape index (κ1) is 26.5. The zero-order valence-corrected chi connectivity index (χ0v) is 22.6. The number of ether oxygens (including phenoxy) is 3. The van der Waals surface area contributed by atoms with Crippen molar-refractivity contribution in [2.75, 3.05) is 25.2 Å². The Hall–Kier alpha value is -2.54.